The van der Waals surface area contributed by atoms with E-state index in [0.717, 1.165) is 23.6 Å². The van der Waals surface area contributed by atoms with Crippen LogP contribution in [0.4, 0.5) is 0 Å². The summed E-state index contributed by atoms with van der Waals surface area (Å²) in [6.07, 6.45) is 7.30. The third kappa shape index (κ3) is 4.37. The Bertz CT molecular complexity index is 1310. The van der Waals surface area contributed by atoms with Crippen molar-refractivity contribution in [1.29, 1.82) is 0 Å². The summed E-state index contributed by atoms with van der Waals surface area (Å²) in [4.78, 5) is 17.5. The number of amides is 1. The van der Waals surface area contributed by atoms with Gasteiger partial charge in [0.05, 0.1) is 31.2 Å². The molecule has 178 valence electrons. The number of nitrogens with zero attached hydrogens (tertiary/aromatic N) is 4. The Hall–Kier alpha value is -3.39. The number of aromatic nitrogens is 4. The minimum Gasteiger partial charge on any atom is -0.361 e. The minimum atomic E-state index is -0.322. The van der Waals surface area contributed by atoms with Crippen LogP contribution in [0.1, 0.15) is 54.6 Å². The van der Waals surface area contributed by atoms with E-state index in [4.69, 9.17) is 4.52 Å². The van der Waals surface area contributed by atoms with Crippen LogP contribution < -0.4 is 10.6 Å². The van der Waals surface area contributed by atoms with Crippen molar-refractivity contribution in [3.8, 4) is 0 Å². The van der Waals surface area contributed by atoms with Gasteiger partial charge in [-0.05, 0) is 42.9 Å². The molecular formula is C26H32N6O2. The molecule has 8 nitrogen and oxygen atoms in total. The van der Waals surface area contributed by atoms with Gasteiger partial charge in [-0.15, -0.1) is 0 Å². The molecule has 0 saturated heterocycles. The summed E-state index contributed by atoms with van der Waals surface area (Å²) in [6, 6.07) is 8.22. The number of carbonyl (C=O) groups is 1. The third-order valence-electron chi connectivity index (χ3n) is 6.61. The van der Waals surface area contributed by atoms with Crippen LogP contribution in [0.3, 0.4) is 0 Å². The van der Waals surface area contributed by atoms with E-state index in [2.05, 4.69) is 63.6 Å². The molecule has 1 aromatic carbocycles. The van der Waals surface area contributed by atoms with Crippen LogP contribution in [0, 0.1) is 12.8 Å². The first-order valence-electron chi connectivity index (χ1n) is 11.9. The maximum atomic E-state index is 13.3. The normalized spacial score (nSPS) is 17.9. The Labute approximate surface area is 199 Å². The van der Waals surface area contributed by atoms with Crippen LogP contribution in [-0.2, 0) is 31.4 Å². The molecular weight excluding hydrogens is 428 g/mol. The van der Waals surface area contributed by atoms with Gasteiger partial charge in [0.15, 0.2) is 0 Å². The third-order valence-corrected chi connectivity index (χ3v) is 6.61. The van der Waals surface area contributed by atoms with E-state index in [1.54, 1.807) is 12.5 Å². The Morgan fingerprint density at radius 3 is 2.91 bits per heavy atom. The summed E-state index contributed by atoms with van der Waals surface area (Å²) in [7, 11) is 1.93. The number of imidazole rings is 1. The smallest absolute Gasteiger partial charge is 0.237 e. The second-order valence-electron chi connectivity index (χ2n) is 9.77. The molecule has 0 saturated carbocycles. The van der Waals surface area contributed by atoms with Crippen LogP contribution >= 0.6 is 0 Å². The maximum Gasteiger partial charge on any atom is 0.237 e. The van der Waals surface area contributed by atoms with Crippen LogP contribution in [-0.4, -0.2) is 31.2 Å². The van der Waals surface area contributed by atoms with Crippen LogP contribution in [0.5, 0.6) is 0 Å². The zero-order valence-corrected chi connectivity index (χ0v) is 20.2. The van der Waals surface area contributed by atoms with Crippen molar-refractivity contribution in [2.75, 3.05) is 0 Å². The Morgan fingerprint density at radius 2 is 2.21 bits per heavy atom. The zero-order chi connectivity index (χ0) is 23.8. The van der Waals surface area contributed by atoms with E-state index < -0.39 is 0 Å². The lowest BCUT2D eigenvalue weighted by Gasteiger charge is -2.25. The predicted octanol–water partition coefficient (Wildman–Crippen LogP) is 3.64. The number of carbonyl (C=O) groups excluding carboxylic acids is 1. The standard InChI is InChI=1S/C26H32N6O2/c1-16(2)8-22-21-6-5-7-24-25(21)18(13-32(24)14-19-9-17(3)34-30-19)10-23(29-22)26(33)28-12-20-11-27-15-31(20)4/h5-7,9,11,13,15-16,22-23,29H,8,10,12,14H2,1-4H3,(H,28,33). The fraction of sp³-hybridized carbons (Fsp3) is 0.423. The van der Waals surface area contributed by atoms with Crippen molar-refractivity contribution < 1.29 is 9.32 Å². The molecule has 3 aromatic heterocycles. The first kappa shape index (κ1) is 22.4. The molecule has 1 aliphatic heterocycles. The van der Waals surface area contributed by atoms with E-state index in [-0.39, 0.29) is 18.0 Å². The lowest BCUT2D eigenvalue weighted by molar-refractivity contribution is -0.123. The molecule has 4 heterocycles. The van der Waals surface area contributed by atoms with Gasteiger partial charge in [-0.2, -0.15) is 0 Å². The van der Waals surface area contributed by atoms with Gasteiger partial charge in [0.1, 0.15) is 11.5 Å². The summed E-state index contributed by atoms with van der Waals surface area (Å²) in [5.41, 5.74) is 5.48. The second kappa shape index (κ2) is 9.10. The van der Waals surface area contributed by atoms with Crippen LogP contribution in [0.25, 0.3) is 10.9 Å². The molecule has 1 aliphatic rings. The largest absolute Gasteiger partial charge is 0.361 e. The summed E-state index contributed by atoms with van der Waals surface area (Å²) < 4.78 is 9.43. The van der Waals surface area contributed by atoms with Gasteiger partial charge < -0.3 is 19.0 Å². The highest BCUT2D eigenvalue weighted by Gasteiger charge is 2.31. The van der Waals surface area contributed by atoms with Gasteiger partial charge in [-0.1, -0.05) is 31.1 Å². The van der Waals surface area contributed by atoms with Crippen molar-refractivity contribution in [2.24, 2.45) is 13.0 Å². The molecule has 0 fully saturated rings. The Kier molecular flexibility index (Phi) is 6.00. The first-order valence-corrected chi connectivity index (χ1v) is 11.9. The Balaban J connectivity index is 1.48. The average molecular weight is 461 g/mol. The summed E-state index contributed by atoms with van der Waals surface area (Å²) in [5.74, 6) is 1.31. The number of hydrogen-bond donors (Lipinski definition) is 2. The van der Waals surface area contributed by atoms with Crippen LogP contribution in [0.2, 0.25) is 0 Å². The van der Waals surface area contributed by atoms with E-state index in [1.165, 1.54) is 22.0 Å². The molecule has 34 heavy (non-hydrogen) atoms. The molecule has 4 aromatic rings. The maximum absolute atomic E-state index is 13.3. The molecule has 0 spiro atoms. The predicted molar refractivity (Wildman–Crippen MR) is 130 cm³/mol. The highest BCUT2D eigenvalue weighted by molar-refractivity contribution is 5.90. The fourth-order valence-corrected chi connectivity index (χ4v) is 5.01. The average Bonchev–Trinajstić information content (AvgIpc) is 3.47. The summed E-state index contributed by atoms with van der Waals surface area (Å²) in [6.45, 7) is 7.45. The molecule has 2 N–H and O–H groups in total. The number of rotatable bonds is 7. The lowest BCUT2D eigenvalue weighted by atomic mass is 9.94. The molecule has 2 unspecified atom stereocenters. The van der Waals surface area contributed by atoms with Crippen molar-refractivity contribution >= 4 is 16.8 Å². The second-order valence-corrected chi connectivity index (χ2v) is 9.77. The molecule has 1 amide bonds. The van der Waals surface area contributed by atoms with E-state index in [0.29, 0.717) is 25.4 Å². The molecule has 0 bridgehead atoms. The minimum absolute atomic E-state index is 0.00999. The number of hydrogen-bond acceptors (Lipinski definition) is 5. The monoisotopic (exact) mass is 460 g/mol. The number of benzene rings is 1. The van der Waals surface area contributed by atoms with Crippen molar-refractivity contribution in [2.45, 2.75) is 58.8 Å². The summed E-state index contributed by atoms with van der Waals surface area (Å²) >= 11 is 0. The van der Waals surface area contributed by atoms with Gasteiger partial charge in [0.25, 0.3) is 0 Å². The molecule has 5 rings (SSSR count). The topological polar surface area (TPSA) is 89.9 Å². The van der Waals surface area contributed by atoms with E-state index in [1.807, 2.05) is 24.6 Å². The van der Waals surface area contributed by atoms with Gasteiger partial charge in [-0.3, -0.25) is 10.1 Å². The molecule has 8 heteroatoms. The van der Waals surface area contributed by atoms with Crippen molar-refractivity contribution in [1.82, 2.24) is 29.9 Å². The molecule has 2 atom stereocenters. The first-order chi connectivity index (χ1) is 16.4. The van der Waals surface area contributed by atoms with Gasteiger partial charge in [-0.25, -0.2) is 4.98 Å². The van der Waals surface area contributed by atoms with Crippen molar-refractivity contribution in [3.05, 3.63) is 71.3 Å². The SMILES string of the molecule is Cc1cc(Cn2cc3c4c(cccc42)C(CC(C)C)NC(C(=O)NCc2cncn2C)C3)no1. The fourth-order valence-electron chi connectivity index (χ4n) is 5.01. The van der Waals surface area contributed by atoms with Gasteiger partial charge in [0.2, 0.25) is 5.91 Å². The number of aryl methyl sites for hydroxylation is 2. The lowest BCUT2D eigenvalue weighted by Crippen LogP contribution is -2.46. The van der Waals surface area contributed by atoms with E-state index >= 15 is 0 Å². The molecule has 0 radical (unpaired) electrons. The summed E-state index contributed by atoms with van der Waals surface area (Å²) in [5, 5.41) is 12.2. The number of nitrogens with one attached hydrogen (secondary N) is 2. The van der Waals surface area contributed by atoms with Crippen molar-refractivity contribution in [3.63, 3.8) is 0 Å². The zero-order valence-electron chi connectivity index (χ0n) is 20.2. The van der Waals surface area contributed by atoms with E-state index in [9.17, 15) is 4.79 Å². The quantitative estimate of drug-likeness (QED) is 0.440. The highest BCUT2D eigenvalue weighted by Crippen LogP contribution is 2.36. The van der Waals surface area contributed by atoms with Crippen LogP contribution in [0.15, 0.2) is 47.5 Å². The molecule has 0 aliphatic carbocycles. The Morgan fingerprint density at radius 1 is 1.35 bits per heavy atom. The van der Waals surface area contributed by atoms with Gasteiger partial charge in [0, 0.05) is 42.5 Å². The highest BCUT2D eigenvalue weighted by atomic mass is 16.5. The van der Waals surface area contributed by atoms with Gasteiger partial charge >= 0.3 is 0 Å².